The molecule has 6 heteroatoms. The number of hydrogen-bond acceptors (Lipinski definition) is 2. The number of hydrogen-bond donors (Lipinski definition) is 2. The highest BCUT2D eigenvalue weighted by Crippen LogP contribution is 2.24. The van der Waals surface area contributed by atoms with Crippen molar-refractivity contribution in [1.29, 1.82) is 5.41 Å². The molecule has 0 atom stereocenters. The molecule has 0 heterocycles. The molecular formula is C14H11ClF2N2O. The van der Waals surface area contributed by atoms with Crippen LogP contribution in [0, 0.1) is 17.0 Å². The summed E-state index contributed by atoms with van der Waals surface area (Å²) < 4.78 is 31.9. The Balaban J connectivity index is 2.23. The normalized spacial score (nSPS) is 10.3. The molecule has 3 N–H and O–H groups in total. The summed E-state index contributed by atoms with van der Waals surface area (Å²) in [6, 6.07) is 8.03. The summed E-state index contributed by atoms with van der Waals surface area (Å²) in [7, 11) is 0. The Kier molecular flexibility index (Phi) is 4.20. The van der Waals surface area contributed by atoms with Crippen molar-refractivity contribution in [2.24, 2.45) is 5.73 Å². The third-order valence-corrected chi connectivity index (χ3v) is 2.99. The second-order valence-electron chi connectivity index (χ2n) is 4.05. The molecule has 0 aliphatic carbocycles. The number of nitrogens with two attached hydrogens (primary N) is 1. The van der Waals surface area contributed by atoms with Gasteiger partial charge in [0.05, 0.1) is 10.6 Å². The van der Waals surface area contributed by atoms with Crippen LogP contribution < -0.4 is 10.5 Å². The van der Waals surface area contributed by atoms with Crippen LogP contribution in [0.5, 0.6) is 5.75 Å². The number of nitrogen functional groups attached to an aromatic ring is 1. The molecular weight excluding hydrogens is 286 g/mol. The van der Waals surface area contributed by atoms with Crippen LogP contribution in [0.4, 0.5) is 8.78 Å². The number of halogens is 3. The number of nitrogens with one attached hydrogen (secondary N) is 1. The first-order valence-corrected chi connectivity index (χ1v) is 6.06. The predicted molar refractivity (Wildman–Crippen MR) is 73.2 cm³/mol. The van der Waals surface area contributed by atoms with E-state index in [-0.39, 0.29) is 22.9 Å². The second kappa shape index (κ2) is 5.88. The third kappa shape index (κ3) is 3.05. The third-order valence-electron chi connectivity index (χ3n) is 2.64. The lowest BCUT2D eigenvalue weighted by Crippen LogP contribution is -2.15. The van der Waals surface area contributed by atoms with E-state index in [2.05, 4.69) is 0 Å². The molecule has 2 rings (SSSR count). The summed E-state index contributed by atoms with van der Waals surface area (Å²) in [6.45, 7) is 0.0167. The van der Waals surface area contributed by atoms with Gasteiger partial charge in [-0.25, -0.2) is 8.78 Å². The number of amidine groups is 1. The molecule has 20 heavy (non-hydrogen) atoms. The van der Waals surface area contributed by atoms with Gasteiger partial charge < -0.3 is 10.5 Å². The summed E-state index contributed by atoms with van der Waals surface area (Å²) in [5.41, 5.74) is 5.76. The minimum absolute atomic E-state index is 0.0167. The zero-order chi connectivity index (χ0) is 14.7. The molecule has 0 spiro atoms. The fraction of sp³-hybridized carbons (Fsp3) is 0.0714. The fourth-order valence-electron chi connectivity index (χ4n) is 1.68. The Bertz CT molecular complexity index is 662. The monoisotopic (exact) mass is 296 g/mol. The highest BCUT2D eigenvalue weighted by atomic mass is 35.5. The van der Waals surface area contributed by atoms with Crippen LogP contribution in [-0.2, 0) is 6.61 Å². The van der Waals surface area contributed by atoms with E-state index in [1.807, 2.05) is 0 Å². The quantitative estimate of drug-likeness (QED) is 0.670. The van der Waals surface area contributed by atoms with Crippen molar-refractivity contribution >= 4 is 17.4 Å². The molecule has 0 aromatic heterocycles. The molecule has 2 aromatic carbocycles. The van der Waals surface area contributed by atoms with Crippen LogP contribution in [0.1, 0.15) is 11.1 Å². The van der Waals surface area contributed by atoms with Crippen LogP contribution >= 0.6 is 11.6 Å². The highest BCUT2D eigenvalue weighted by Gasteiger charge is 2.13. The van der Waals surface area contributed by atoms with Gasteiger partial charge in [0, 0.05) is 5.56 Å². The van der Waals surface area contributed by atoms with Gasteiger partial charge in [0.15, 0.2) is 0 Å². The topological polar surface area (TPSA) is 59.1 Å². The van der Waals surface area contributed by atoms with Crippen molar-refractivity contribution in [3.05, 3.63) is 64.2 Å². The summed E-state index contributed by atoms with van der Waals surface area (Å²) in [5, 5.41) is 7.57. The fourth-order valence-corrected chi connectivity index (χ4v) is 1.90. The number of rotatable bonds is 4. The maximum Gasteiger partial charge on any atom is 0.137 e. The Morgan fingerprint density at radius 1 is 1.25 bits per heavy atom. The van der Waals surface area contributed by atoms with Gasteiger partial charge >= 0.3 is 0 Å². The largest absolute Gasteiger partial charge is 0.488 e. The number of benzene rings is 2. The van der Waals surface area contributed by atoms with Gasteiger partial charge in [-0.1, -0.05) is 23.7 Å². The zero-order valence-electron chi connectivity index (χ0n) is 10.3. The molecule has 0 aliphatic rings. The highest BCUT2D eigenvalue weighted by molar-refractivity contribution is 6.31. The van der Waals surface area contributed by atoms with Crippen molar-refractivity contribution in [2.75, 3.05) is 0 Å². The van der Waals surface area contributed by atoms with Crippen LogP contribution in [0.15, 0.2) is 36.4 Å². The minimum Gasteiger partial charge on any atom is -0.488 e. The summed E-state index contributed by atoms with van der Waals surface area (Å²) in [5.74, 6) is -1.38. The van der Waals surface area contributed by atoms with E-state index in [1.54, 1.807) is 0 Å². The van der Waals surface area contributed by atoms with E-state index in [1.165, 1.54) is 30.3 Å². The second-order valence-corrected chi connectivity index (χ2v) is 4.46. The van der Waals surface area contributed by atoms with E-state index in [4.69, 9.17) is 27.5 Å². The van der Waals surface area contributed by atoms with E-state index >= 15 is 0 Å². The Morgan fingerprint density at radius 2 is 2.00 bits per heavy atom. The molecule has 0 amide bonds. The van der Waals surface area contributed by atoms with Crippen molar-refractivity contribution in [1.82, 2.24) is 0 Å². The average molecular weight is 297 g/mol. The Hall–Kier alpha value is -2.14. The van der Waals surface area contributed by atoms with Crippen molar-refractivity contribution in [3.8, 4) is 5.75 Å². The molecule has 2 aromatic rings. The predicted octanol–water partition coefficient (Wildman–Crippen LogP) is 3.48. The van der Waals surface area contributed by atoms with Gasteiger partial charge in [-0.05, 0) is 24.3 Å². The Morgan fingerprint density at radius 3 is 2.65 bits per heavy atom. The van der Waals surface area contributed by atoms with Crippen molar-refractivity contribution in [2.45, 2.75) is 6.61 Å². The van der Waals surface area contributed by atoms with Gasteiger partial charge in [-0.2, -0.15) is 0 Å². The molecule has 0 radical (unpaired) electrons. The summed E-state index contributed by atoms with van der Waals surface area (Å²) >= 11 is 5.87. The first-order valence-electron chi connectivity index (χ1n) is 5.68. The molecule has 0 bridgehead atoms. The molecule has 0 aliphatic heterocycles. The van der Waals surface area contributed by atoms with Crippen molar-refractivity contribution < 1.29 is 13.5 Å². The van der Waals surface area contributed by atoms with Gasteiger partial charge in [0.25, 0.3) is 0 Å². The van der Waals surface area contributed by atoms with Gasteiger partial charge in [-0.3, -0.25) is 5.41 Å². The summed E-state index contributed by atoms with van der Waals surface area (Å²) in [4.78, 5) is 0. The molecule has 0 fully saturated rings. The van der Waals surface area contributed by atoms with E-state index < -0.39 is 17.5 Å². The SMILES string of the molecule is N=C(N)c1c(F)cccc1OCc1ccc(F)cc1Cl. The van der Waals surface area contributed by atoms with Crippen LogP contribution in [0.3, 0.4) is 0 Å². The first-order chi connectivity index (χ1) is 9.49. The molecule has 104 valence electrons. The van der Waals surface area contributed by atoms with Crippen LogP contribution in [-0.4, -0.2) is 5.84 Å². The smallest absolute Gasteiger partial charge is 0.137 e. The molecule has 0 saturated carbocycles. The lowest BCUT2D eigenvalue weighted by Gasteiger charge is -2.12. The first kappa shape index (κ1) is 14.3. The van der Waals surface area contributed by atoms with Crippen LogP contribution in [0.2, 0.25) is 5.02 Å². The lowest BCUT2D eigenvalue weighted by atomic mass is 10.1. The number of ether oxygens (including phenoxy) is 1. The zero-order valence-corrected chi connectivity index (χ0v) is 11.0. The lowest BCUT2D eigenvalue weighted by molar-refractivity contribution is 0.304. The minimum atomic E-state index is -0.639. The summed E-state index contributed by atoms with van der Waals surface area (Å²) in [6.07, 6.45) is 0. The van der Waals surface area contributed by atoms with Crippen LogP contribution in [0.25, 0.3) is 0 Å². The average Bonchev–Trinajstić information content (AvgIpc) is 2.37. The van der Waals surface area contributed by atoms with E-state index in [0.29, 0.717) is 5.56 Å². The maximum atomic E-state index is 13.6. The van der Waals surface area contributed by atoms with Gasteiger partial charge in [-0.15, -0.1) is 0 Å². The van der Waals surface area contributed by atoms with Gasteiger partial charge in [0.1, 0.15) is 29.8 Å². The molecule has 0 saturated heterocycles. The van der Waals surface area contributed by atoms with Crippen molar-refractivity contribution in [3.63, 3.8) is 0 Å². The molecule has 0 unspecified atom stereocenters. The maximum absolute atomic E-state index is 13.6. The van der Waals surface area contributed by atoms with Gasteiger partial charge in [0.2, 0.25) is 0 Å². The van der Waals surface area contributed by atoms with E-state index in [0.717, 1.165) is 6.07 Å². The molecule has 3 nitrogen and oxygen atoms in total. The standard InChI is InChI=1S/C14H11ClF2N2O/c15-10-6-9(16)5-4-8(10)7-20-12-3-1-2-11(17)13(12)14(18)19/h1-6H,7H2,(H3,18,19). The Labute approximate surface area is 119 Å². The van der Waals surface area contributed by atoms with E-state index in [9.17, 15) is 8.78 Å².